The van der Waals surface area contributed by atoms with Crippen molar-refractivity contribution in [1.82, 2.24) is 14.9 Å². The molecule has 0 bridgehead atoms. The van der Waals surface area contributed by atoms with Crippen LogP contribution in [0.2, 0.25) is 10.0 Å². The lowest BCUT2D eigenvalue weighted by Gasteiger charge is -2.32. The van der Waals surface area contributed by atoms with Crippen LogP contribution in [-0.4, -0.2) is 61.4 Å². The molecule has 1 aromatic carbocycles. The van der Waals surface area contributed by atoms with Crippen molar-refractivity contribution in [2.45, 2.75) is 18.9 Å². The standard InChI is InChI=1S/C19H24Cl2N4O3/c1-26-17-12-18(27-2)24-19(23-17)22-7-10-25-8-5-13(6-9-25)28-14-3-4-15(20)16(21)11-14/h3-4,11-13H,5-10H2,1-2H3,(H,22,23,24). The Bertz CT molecular complexity index is 764. The summed E-state index contributed by atoms with van der Waals surface area (Å²) >= 11 is 12.0. The number of benzene rings is 1. The molecule has 0 unspecified atom stereocenters. The molecule has 0 saturated carbocycles. The number of hydrogen-bond donors (Lipinski definition) is 1. The summed E-state index contributed by atoms with van der Waals surface area (Å²) in [7, 11) is 3.13. The van der Waals surface area contributed by atoms with Crippen LogP contribution < -0.4 is 19.5 Å². The molecule has 0 amide bonds. The number of piperidine rings is 1. The van der Waals surface area contributed by atoms with E-state index in [1.807, 2.05) is 6.07 Å². The van der Waals surface area contributed by atoms with E-state index >= 15 is 0 Å². The van der Waals surface area contributed by atoms with Crippen LogP contribution in [0.15, 0.2) is 24.3 Å². The maximum absolute atomic E-state index is 6.05. The third kappa shape index (κ3) is 5.77. The Morgan fingerprint density at radius 1 is 1.04 bits per heavy atom. The Morgan fingerprint density at radius 2 is 1.71 bits per heavy atom. The van der Waals surface area contributed by atoms with E-state index < -0.39 is 0 Å². The maximum atomic E-state index is 6.05. The number of ether oxygens (including phenoxy) is 3. The van der Waals surface area contributed by atoms with E-state index in [1.165, 1.54) is 0 Å². The molecule has 0 aliphatic carbocycles. The van der Waals surface area contributed by atoms with E-state index in [2.05, 4.69) is 20.2 Å². The van der Waals surface area contributed by atoms with Crippen molar-refractivity contribution in [2.75, 3.05) is 45.7 Å². The van der Waals surface area contributed by atoms with E-state index in [0.717, 1.165) is 44.8 Å². The van der Waals surface area contributed by atoms with Crippen LogP contribution in [0.1, 0.15) is 12.8 Å². The summed E-state index contributed by atoms with van der Waals surface area (Å²) in [5.74, 6) is 2.19. The van der Waals surface area contributed by atoms with Crippen LogP contribution in [0, 0.1) is 0 Å². The molecule has 1 fully saturated rings. The van der Waals surface area contributed by atoms with E-state index in [9.17, 15) is 0 Å². The average Bonchev–Trinajstić information content (AvgIpc) is 2.71. The summed E-state index contributed by atoms with van der Waals surface area (Å²) in [4.78, 5) is 10.9. The zero-order valence-electron chi connectivity index (χ0n) is 16.0. The average molecular weight is 427 g/mol. The second kappa shape index (κ2) is 10.0. The highest BCUT2D eigenvalue weighted by Crippen LogP contribution is 2.28. The smallest absolute Gasteiger partial charge is 0.229 e. The van der Waals surface area contributed by atoms with Crippen LogP contribution in [0.4, 0.5) is 5.95 Å². The lowest BCUT2D eigenvalue weighted by molar-refractivity contribution is 0.103. The van der Waals surface area contributed by atoms with Gasteiger partial charge in [-0.1, -0.05) is 23.2 Å². The van der Waals surface area contributed by atoms with E-state index in [1.54, 1.807) is 32.4 Å². The molecular formula is C19H24Cl2N4O3. The molecule has 3 rings (SSSR count). The van der Waals surface area contributed by atoms with Gasteiger partial charge in [0, 0.05) is 32.2 Å². The Balaban J connectivity index is 1.41. The van der Waals surface area contributed by atoms with Crippen molar-refractivity contribution in [3.05, 3.63) is 34.3 Å². The highest BCUT2D eigenvalue weighted by atomic mass is 35.5. The number of rotatable bonds is 8. The highest BCUT2D eigenvalue weighted by Gasteiger charge is 2.20. The lowest BCUT2D eigenvalue weighted by atomic mass is 10.1. The maximum Gasteiger partial charge on any atom is 0.229 e. The van der Waals surface area contributed by atoms with Crippen LogP contribution in [0.5, 0.6) is 17.5 Å². The topological polar surface area (TPSA) is 68.7 Å². The van der Waals surface area contributed by atoms with Gasteiger partial charge in [0.15, 0.2) is 0 Å². The van der Waals surface area contributed by atoms with Crippen molar-refractivity contribution in [1.29, 1.82) is 0 Å². The fraction of sp³-hybridized carbons (Fsp3) is 0.474. The van der Waals surface area contributed by atoms with Crippen LogP contribution in [0.25, 0.3) is 0 Å². The quantitative estimate of drug-likeness (QED) is 0.688. The number of nitrogens with one attached hydrogen (secondary N) is 1. The van der Waals surface area contributed by atoms with Gasteiger partial charge in [-0.25, -0.2) is 0 Å². The minimum Gasteiger partial charge on any atom is -0.490 e. The summed E-state index contributed by atoms with van der Waals surface area (Å²) in [5.41, 5.74) is 0. The molecular weight excluding hydrogens is 403 g/mol. The van der Waals surface area contributed by atoms with Gasteiger partial charge in [-0.05, 0) is 25.0 Å². The molecule has 28 heavy (non-hydrogen) atoms. The summed E-state index contributed by atoms with van der Waals surface area (Å²) in [6.07, 6.45) is 2.11. The SMILES string of the molecule is COc1cc(OC)nc(NCCN2CCC(Oc3ccc(Cl)c(Cl)c3)CC2)n1. The summed E-state index contributed by atoms with van der Waals surface area (Å²) in [5, 5.41) is 4.27. The molecule has 1 saturated heterocycles. The zero-order chi connectivity index (χ0) is 19.9. The molecule has 1 aromatic heterocycles. The molecule has 152 valence electrons. The van der Waals surface area contributed by atoms with Crippen LogP contribution >= 0.6 is 23.2 Å². The normalized spacial score (nSPS) is 15.3. The van der Waals surface area contributed by atoms with E-state index in [4.69, 9.17) is 37.4 Å². The second-order valence-corrected chi connectivity index (χ2v) is 7.25. The zero-order valence-corrected chi connectivity index (χ0v) is 17.5. The predicted octanol–water partition coefficient (Wildman–Crippen LogP) is 3.76. The Hall–Kier alpha value is -1.96. The van der Waals surface area contributed by atoms with Gasteiger partial charge in [0.05, 0.1) is 30.3 Å². The number of anilines is 1. The summed E-state index contributed by atoms with van der Waals surface area (Å²) in [6.45, 7) is 3.56. The van der Waals surface area contributed by atoms with Crippen molar-refractivity contribution >= 4 is 29.2 Å². The molecule has 2 heterocycles. The number of likely N-dealkylation sites (tertiary alicyclic amines) is 1. The first-order valence-electron chi connectivity index (χ1n) is 9.12. The third-order valence-corrected chi connectivity index (χ3v) is 5.28. The molecule has 7 nitrogen and oxygen atoms in total. The minimum absolute atomic E-state index is 0.187. The van der Waals surface area contributed by atoms with Gasteiger partial charge in [-0.2, -0.15) is 9.97 Å². The Morgan fingerprint density at radius 3 is 2.32 bits per heavy atom. The van der Waals surface area contributed by atoms with Gasteiger partial charge < -0.3 is 24.4 Å². The Kier molecular flexibility index (Phi) is 7.42. The molecule has 9 heteroatoms. The fourth-order valence-electron chi connectivity index (χ4n) is 3.01. The molecule has 1 aliphatic rings. The predicted molar refractivity (Wildman–Crippen MR) is 110 cm³/mol. The van der Waals surface area contributed by atoms with Crippen molar-refractivity contribution in [3.63, 3.8) is 0 Å². The van der Waals surface area contributed by atoms with Crippen molar-refractivity contribution < 1.29 is 14.2 Å². The van der Waals surface area contributed by atoms with Crippen LogP contribution in [0.3, 0.4) is 0 Å². The lowest BCUT2D eigenvalue weighted by Crippen LogP contribution is -2.40. The highest BCUT2D eigenvalue weighted by molar-refractivity contribution is 6.42. The van der Waals surface area contributed by atoms with E-state index in [0.29, 0.717) is 27.8 Å². The van der Waals surface area contributed by atoms with Gasteiger partial charge in [-0.3, -0.25) is 0 Å². The molecule has 0 spiro atoms. The summed E-state index contributed by atoms with van der Waals surface area (Å²) < 4.78 is 16.3. The number of halogens is 2. The summed E-state index contributed by atoms with van der Waals surface area (Å²) in [6, 6.07) is 7.02. The number of aromatic nitrogens is 2. The molecule has 1 aliphatic heterocycles. The molecule has 1 N–H and O–H groups in total. The number of hydrogen-bond acceptors (Lipinski definition) is 7. The first kappa shape index (κ1) is 20.8. The first-order chi connectivity index (χ1) is 13.6. The number of methoxy groups -OCH3 is 2. The number of nitrogens with zero attached hydrogens (tertiary/aromatic N) is 3. The largest absolute Gasteiger partial charge is 0.490 e. The van der Waals surface area contributed by atoms with Crippen LogP contribution in [-0.2, 0) is 0 Å². The fourth-order valence-corrected chi connectivity index (χ4v) is 3.30. The second-order valence-electron chi connectivity index (χ2n) is 6.44. The van der Waals surface area contributed by atoms with Gasteiger partial charge in [0.25, 0.3) is 0 Å². The molecule has 0 radical (unpaired) electrons. The van der Waals surface area contributed by atoms with Crippen molar-refractivity contribution in [3.8, 4) is 17.5 Å². The van der Waals surface area contributed by atoms with Gasteiger partial charge >= 0.3 is 0 Å². The first-order valence-corrected chi connectivity index (χ1v) is 9.88. The Labute approximate surface area is 174 Å². The van der Waals surface area contributed by atoms with E-state index in [-0.39, 0.29) is 6.10 Å². The monoisotopic (exact) mass is 426 g/mol. The third-order valence-electron chi connectivity index (χ3n) is 4.54. The van der Waals surface area contributed by atoms with Gasteiger partial charge in [0.1, 0.15) is 11.9 Å². The van der Waals surface area contributed by atoms with Crippen molar-refractivity contribution in [2.24, 2.45) is 0 Å². The van der Waals surface area contributed by atoms with Gasteiger partial charge in [-0.15, -0.1) is 0 Å². The minimum atomic E-state index is 0.187. The van der Waals surface area contributed by atoms with Gasteiger partial charge in [0.2, 0.25) is 17.7 Å². The molecule has 0 atom stereocenters. The molecule has 2 aromatic rings.